The van der Waals surface area contributed by atoms with Gasteiger partial charge in [0, 0.05) is 4.91 Å². The lowest BCUT2D eigenvalue weighted by molar-refractivity contribution is 0.602. The summed E-state index contributed by atoms with van der Waals surface area (Å²) in [5.74, 6) is 0. The van der Waals surface area contributed by atoms with E-state index in [0.717, 1.165) is 11.1 Å². The molecule has 0 radical (unpaired) electrons. The molecular formula is C16H16O2S. The first-order valence-corrected chi connectivity index (χ1v) is 7.53. The summed E-state index contributed by atoms with van der Waals surface area (Å²) in [5.41, 5.74) is 1.93. The molecule has 0 atom stereocenters. The second-order valence-corrected chi connectivity index (χ2v) is 6.60. The maximum atomic E-state index is 12.4. The largest absolute Gasteiger partial charge is 0.219 e. The van der Waals surface area contributed by atoms with Gasteiger partial charge >= 0.3 is 0 Å². The Bertz CT molecular complexity index is 681. The molecule has 0 bridgehead atoms. The minimum Gasteiger partial charge on any atom is -0.219 e. The highest BCUT2D eigenvalue weighted by Gasteiger charge is 2.16. The third-order valence-corrected chi connectivity index (χ3v) is 4.78. The standard InChI is InChI=1S/C16H16O2S/c1-13-8-10-16(11-9-13)19(17,18)14(2)12-15-6-4-3-5-7-15/h3-12H,1-2H3/b14-12-. The molecule has 0 aliphatic heterocycles. The van der Waals surface area contributed by atoms with Crippen molar-refractivity contribution in [1.29, 1.82) is 0 Å². The highest BCUT2D eigenvalue weighted by molar-refractivity contribution is 7.95. The Morgan fingerprint density at radius 2 is 1.53 bits per heavy atom. The van der Waals surface area contributed by atoms with Crippen LogP contribution in [0, 0.1) is 6.92 Å². The number of aryl methyl sites for hydroxylation is 1. The Kier molecular flexibility index (Phi) is 3.86. The molecule has 0 heterocycles. The molecular weight excluding hydrogens is 256 g/mol. The lowest BCUT2D eigenvalue weighted by Crippen LogP contribution is -2.02. The van der Waals surface area contributed by atoms with E-state index in [-0.39, 0.29) is 0 Å². The summed E-state index contributed by atoms with van der Waals surface area (Å²) < 4.78 is 24.8. The Morgan fingerprint density at radius 1 is 0.947 bits per heavy atom. The fourth-order valence-electron chi connectivity index (χ4n) is 1.76. The van der Waals surface area contributed by atoms with Crippen LogP contribution in [0.1, 0.15) is 18.1 Å². The van der Waals surface area contributed by atoms with Crippen molar-refractivity contribution in [1.82, 2.24) is 0 Å². The summed E-state index contributed by atoms with van der Waals surface area (Å²) in [4.78, 5) is 0.685. The van der Waals surface area contributed by atoms with E-state index in [1.807, 2.05) is 49.4 Å². The number of rotatable bonds is 3. The van der Waals surface area contributed by atoms with Crippen LogP contribution in [-0.2, 0) is 9.84 Å². The van der Waals surface area contributed by atoms with E-state index < -0.39 is 9.84 Å². The van der Waals surface area contributed by atoms with Crippen molar-refractivity contribution in [2.75, 3.05) is 0 Å². The van der Waals surface area contributed by atoms with Crippen molar-refractivity contribution in [2.24, 2.45) is 0 Å². The number of hydrogen-bond donors (Lipinski definition) is 0. The summed E-state index contributed by atoms with van der Waals surface area (Å²) in [7, 11) is -3.39. The SMILES string of the molecule is C/C(=C/c1ccccc1)S(=O)(=O)c1ccc(C)cc1. The van der Waals surface area contributed by atoms with Crippen molar-refractivity contribution in [3.8, 4) is 0 Å². The van der Waals surface area contributed by atoms with E-state index in [1.165, 1.54) is 0 Å². The minimum absolute atomic E-state index is 0.336. The van der Waals surface area contributed by atoms with E-state index in [0.29, 0.717) is 9.80 Å². The van der Waals surface area contributed by atoms with Crippen LogP contribution < -0.4 is 0 Å². The van der Waals surface area contributed by atoms with Crippen LogP contribution in [0.5, 0.6) is 0 Å². The molecule has 0 N–H and O–H groups in total. The predicted octanol–water partition coefficient (Wildman–Crippen LogP) is 3.83. The molecule has 0 aliphatic carbocycles. The molecule has 2 aromatic carbocycles. The van der Waals surface area contributed by atoms with Crippen LogP contribution in [-0.4, -0.2) is 8.42 Å². The van der Waals surface area contributed by atoms with Gasteiger partial charge in [0.25, 0.3) is 0 Å². The van der Waals surface area contributed by atoms with Crippen molar-refractivity contribution in [3.05, 3.63) is 70.6 Å². The van der Waals surface area contributed by atoms with Gasteiger partial charge in [0.1, 0.15) is 0 Å². The Morgan fingerprint density at radius 3 is 2.11 bits per heavy atom. The van der Waals surface area contributed by atoms with E-state index in [1.54, 1.807) is 25.1 Å². The van der Waals surface area contributed by atoms with Crippen molar-refractivity contribution in [2.45, 2.75) is 18.7 Å². The highest BCUT2D eigenvalue weighted by Crippen LogP contribution is 2.21. The van der Waals surface area contributed by atoms with Gasteiger partial charge in [-0.05, 0) is 37.6 Å². The molecule has 19 heavy (non-hydrogen) atoms. The zero-order chi connectivity index (χ0) is 13.9. The Labute approximate surface area is 114 Å². The van der Waals surface area contributed by atoms with Crippen LogP contribution in [0.4, 0.5) is 0 Å². The van der Waals surface area contributed by atoms with Gasteiger partial charge in [-0.15, -0.1) is 0 Å². The van der Waals surface area contributed by atoms with Crippen LogP contribution in [0.15, 0.2) is 64.4 Å². The van der Waals surface area contributed by atoms with Crippen LogP contribution in [0.25, 0.3) is 6.08 Å². The number of benzene rings is 2. The molecule has 3 heteroatoms. The third-order valence-electron chi connectivity index (χ3n) is 2.92. The molecule has 0 unspecified atom stereocenters. The summed E-state index contributed by atoms with van der Waals surface area (Å²) in [6.07, 6.45) is 1.69. The topological polar surface area (TPSA) is 34.1 Å². The quantitative estimate of drug-likeness (QED) is 0.851. The fraction of sp³-hybridized carbons (Fsp3) is 0.125. The predicted molar refractivity (Wildman–Crippen MR) is 78.5 cm³/mol. The maximum Gasteiger partial charge on any atom is 0.202 e. The monoisotopic (exact) mass is 272 g/mol. The number of allylic oxidation sites excluding steroid dienone is 1. The van der Waals surface area contributed by atoms with Gasteiger partial charge in [-0.1, -0.05) is 48.0 Å². The van der Waals surface area contributed by atoms with Gasteiger partial charge in [0.2, 0.25) is 9.84 Å². The summed E-state index contributed by atoms with van der Waals surface area (Å²) >= 11 is 0. The van der Waals surface area contributed by atoms with E-state index in [9.17, 15) is 8.42 Å². The minimum atomic E-state index is -3.39. The Balaban J connectivity index is 2.40. The van der Waals surface area contributed by atoms with Gasteiger partial charge < -0.3 is 0 Å². The van der Waals surface area contributed by atoms with Crippen LogP contribution in [0.3, 0.4) is 0 Å². The van der Waals surface area contributed by atoms with Crippen LogP contribution in [0.2, 0.25) is 0 Å². The number of hydrogen-bond acceptors (Lipinski definition) is 2. The summed E-state index contributed by atoms with van der Waals surface area (Å²) in [6.45, 7) is 3.56. The average Bonchev–Trinajstić information content (AvgIpc) is 2.40. The number of sulfone groups is 1. The van der Waals surface area contributed by atoms with Gasteiger partial charge in [0.05, 0.1) is 4.90 Å². The summed E-state index contributed by atoms with van der Waals surface area (Å²) in [6, 6.07) is 16.4. The van der Waals surface area contributed by atoms with Gasteiger partial charge in [0.15, 0.2) is 0 Å². The van der Waals surface area contributed by atoms with E-state index >= 15 is 0 Å². The van der Waals surface area contributed by atoms with Gasteiger partial charge in [-0.2, -0.15) is 0 Å². The normalized spacial score (nSPS) is 12.4. The molecule has 0 fully saturated rings. The molecule has 0 aromatic heterocycles. The smallest absolute Gasteiger partial charge is 0.202 e. The molecule has 0 spiro atoms. The molecule has 2 aromatic rings. The van der Waals surface area contributed by atoms with Crippen LogP contribution >= 0.6 is 0 Å². The third kappa shape index (κ3) is 3.12. The molecule has 2 nitrogen and oxygen atoms in total. The molecule has 2 rings (SSSR count). The lowest BCUT2D eigenvalue weighted by Gasteiger charge is -2.05. The van der Waals surface area contributed by atoms with Crippen molar-refractivity contribution in [3.63, 3.8) is 0 Å². The first-order chi connectivity index (χ1) is 9.00. The molecule has 98 valence electrons. The Hall–Kier alpha value is -1.87. The first-order valence-electron chi connectivity index (χ1n) is 6.05. The molecule has 0 saturated carbocycles. The second-order valence-electron chi connectivity index (χ2n) is 4.48. The molecule has 0 saturated heterocycles. The fourth-order valence-corrected chi connectivity index (χ4v) is 2.92. The van der Waals surface area contributed by atoms with Gasteiger partial charge in [-0.3, -0.25) is 0 Å². The lowest BCUT2D eigenvalue weighted by atomic mass is 10.2. The van der Waals surface area contributed by atoms with Gasteiger partial charge in [-0.25, -0.2) is 8.42 Å². The van der Waals surface area contributed by atoms with Crippen molar-refractivity contribution < 1.29 is 8.42 Å². The molecule has 0 aliphatic rings. The first kappa shape index (κ1) is 13.6. The van der Waals surface area contributed by atoms with Crippen molar-refractivity contribution >= 4 is 15.9 Å². The van der Waals surface area contributed by atoms with E-state index in [4.69, 9.17) is 0 Å². The van der Waals surface area contributed by atoms with E-state index in [2.05, 4.69) is 0 Å². The summed E-state index contributed by atoms with van der Waals surface area (Å²) in [5, 5.41) is 0. The zero-order valence-electron chi connectivity index (χ0n) is 11.0. The second kappa shape index (κ2) is 5.41. The maximum absolute atomic E-state index is 12.4. The molecule has 0 amide bonds. The average molecular weight is 272 g/mol. The zero-order valence-corrected chi connectivity index (χ0v) is 11.8. The highest BCUT2D eigenvalue weighted by atomic mass is 32.2.